The summed E-state index contributed by atoms with van der Waals surface area (Å²) in [7, 11) is 0. The van der Waals surface area contributed by atoms with E-state index >= 15 is 0 Å². The molecule has 0 N–H and O–H groups in total. The third-order valence-electron chi connectivity index (χ3n) is 4.02. The lowest BCUT2D eigenvalue weighted by molar-refractivity contribution is 0.547. The van der Waals surface area contributed by atoms with Crippen LogP contribution in [-0.4, -0.2) is 0 Å². The van der Waals surface area contributed by atoms with Crippen molar-refractivity contribution >= 4 is 47.8 Å². The highest BCUT2D eigenvalue weighted by molar-refractivity contribution is 9.11. The topological polar surface area (TPSA) is 0 Å². The van der Waals surface area contributed by atoms with Crippen LogP contribution in [0.2, 0.25) is 0 Å². The van der Waals surface area contributed by atoms with Crippen molar-refractivity contribution in [2.75, 3.05) is 0 Å². The molecule has 0 nitrogen and oxygen atoms in total. The molecule has 0 aromatic heterocycles. The number of fused-ring (bicyclic) bond motifs is 1. The van der Waals surface area contributed by atoms with Crippen molar-refractivity contribution in [1.29, 1.82) is 0 Å². The van der Waals surface area contributed by atoms with Gasteiger partial charge in [0, 0.05) is 19.7 Å². The maximum absolute atomic E-state index is 3.95. The molecule has 0 amide bonds. The van der Waals surface area contributed by atoms with Gasteiger partial charge in [0.05, 0.1) is 0 Å². The first kappa shape index (κ1) is 14.8. The average Bonchev–Trinajstić information content (AvgIpc) is 2.48. The Bertz CT molecular complexity index is 621. The average molecular weight is 459 g/mol. The summed E-state index contributed by atoms with van der Waals surface area (Å²) in [6.45, 7) is 0. The Morgan fingerprint density at radius 2 is 1.85 bits per heavy atom. The molecule has 20 heavy (non-hydrogen) atoms. The van der Waals surface area contributed by atoms with Crippen LogP contribution >= 0.6 is 47.8 Å². The Hall–Kier alpha value is -0.120. The van der Waals surface area contributed by atoms with E-state index in [4.69, 9.17) is 0 Å². The maximum Gasteiger partial charge on any atom is 0.0475 e. The zero-order valence-electron chi connectivity index (χ0n) is 11.0. The molecule has 0 saturated carbocycles. The van der Waals surface area contributed by atoms with Crippen molar-refractivity contribution in [3.63, 3.8) is 0 Å². The number of rotatable bonds is 2. The molecule has 3 heteroatoms. The van der Waals surface area contributed by atoms with E-state index in [1.165, 1.54) is 40.4 Å². The van der Waals surface area contributed by atoms with E-state index in [-0.39, 0.29) is 0 Å². The van der Waals surface area contributed by atoms with Gasteiger partial charge in [-0.25, -0.2) is 0 Å². The fourth-order valence-corrected chi connectivity index (χ4v) is 5.15. The van der Waals surface area contributed by atoms with Gasteiger partial charge in [-0.1, -0.05) is 72.1 Å². The Kier molecular flexibility index (Phi) is 4.68. The van der Waals surface area contributed by atoms with E-state index in [1.807, 2.05) is 0 Å². The third-order valence-corrected chi connectivity index (χ3v) is 6.37. The second-order valence-corrected chi connectivity index (χ2v) is 8.02. The molecule has 2 unspecified atom stereocenters. The normalized spacial score (nSPS) is 19.4. The maximum atomic E-state index is 3.95. The number of hydrogen-bond acceptors (Lipinski definition) is 0. The number of aryl methyl sites for hydroxylation is 1. The van der Waals surface area contributed by atoms with Crippen LogP contribution < -0.4 is 0 Å². The van der Waals surface area contributed by atoms with Crippen molar-refractivity contribution in [2.45, 2.75) is 30.0 Å². The number of halogens is 3. The first-order chi connectivity index (χ1) is 9.66. The van der Waals surface area contributed by atoms with Crippen LogP contribution in [0, 0.1) is 0 Å². The summed E-state index contributed by atoms with van der Waals surface area (Å²) >= 11 is 11.2. The second-order valence-electron chi connectivity index (χ2n) is 5.27. The predicted octanol–water partition coefficient (Wildman–Crippen LogP) is 6.77. The Balaban J connectivity index is 1.99. The van der Waals surface area contributed by atoms with Gasteiger partial charge in [0.1, 0.15) is 0 Å². The summed E-state index contributed by atoms with van der Waals surface area (Å²) in [6.07, 6.45) is 3.73. The van der Waals surface area contributed by atoms with Gasteiger partial charge in [0.2, 0.25) is 0 Å². The van der Waals surface area contributed by atoms with Crippen LogP contribution in [0.5, 0.6) is 0 Å². The van der Waals surface area contributed by atoms with Gasteiger partial charge in [0.15, 0.2) is 0 Å². The van der Waals surface area contributed by atoms with Gasteiger partial charge in [0.25, 0.3) is 0 Å². The molecule has 3 rings (SSSR count). The van der Waals surface area contributed by atoms with Crippen LogP contribution in [0.1, 0.15) is 40.3 Å². The van der Waals surface area contributed by atoms with Gasteiger partial charge >= 0.3 is 0 Å². The third kappa shape index (κ3) is 2.90. The first-order valence-electron chi connectivity index (χ1n) is 6.83. The van der Waals surface area contributed by atoms with Crippen molar-refractivity contribution in [1.82, 2.24) is 0 Å². The lowest BCUT2D eigenvalue weighted by Gasteiger charge is -2.30. The van der Waals surface area contributed by atoms with E-state index in [0.29, 0.717) is 10.7 Å². The molecule has 1 aliphatic carbocycles. The molecule has 0 radical (unpaired) electrons. The largest absolute Gasteiger partial charge is 0.0832 e. The van der Waals surface area contributed by atoms with E-state index in [1.54, 1.807) is 0 Å². The van der Waals surface area contributed by atoms with Gasteiger partial charge in [-0.2, -0.15) is 0 Å². The summed E-state index contributed by atoms with van der Waals surface area (Å²) in [5.41, 5.74) is 4.34. The molecule has 104 valence electrons. The SMILES string of the molecule is Brc1ccc(Br)c(C(Br)C2CCCc3ccccc32)c1. The summed E-state index contributed by atoms with van der Waals surface area (Å²) in [5, 5.41) is 0. The molecule has 0 fully saturated rings. The molecule has 0 spiro atoms. The van der Waals surface area contributed by atoms with Gasteiger partial charge in [-0.05, 0) is 54.2 Å². The minimum absolute atomic E-state index is 0.343. The van der Waals surface area contributed by atoms with E-state index in [9.17, 15) is 0 Å². The number of benzene rings is 2. The fourth-order valence-electron chi connectivity index (χ4n) is 3.04. The van der Waals surface area contributed by atoms with Crippen molar-refractivity contribution in [2.24, 2.45) is 0 Å². The molecule has 2 aromatic carbocycles. The summed E-state index contributed by atoms with van der Waals surface area (Å²) in [6, 6.07) is 15.3. The molecular formula is C17H15Br3. The summed E-state index contributed by atoms with van der Waals surface area (Å²) in [5.74, 6) is 0.547. The molecule has 1 aliphatic rings. The van der Waals surface area contributed by atoms with Crippen molar-refractivity contribution in [3.05, 3.63) is 68.1 Å². The lowest BCUT2D eigenvalue weighted by Crippen LogP contribution is -2.14. The molecule has 0 bridgehead atoms. The highest BCUT2D eigenvalue weighted by Crippen LogP contribution is 2.47. The zero-order chi connectivity index (χ0) is 14.1. The second kappa shape index (κ2) is 6.33. The van der Waals surface area contributed by atoms with Crippen molar-refractivity contribution in [3.8, 4) is 0 Å². The van der Waals surface area contributed by atoms with E-state index in [0.717, 1.165) is 4.47 Å². The Morgan fingerprint density at radius 1 is 1.05 bits per heavy atom. The smallest absolute Gasteiger partial charge is 0.0475 e. The minimum atomic E-state index is 0.343. The Labute approximate surface area is 145 Å². The number of alkyl halides is 1. The minimum Gasteiger partial charge on any atom is -0.0832 e. The monoisotopic (exact) mass is 456 g/mol. The summed E-state index contributed by atoms with van der Waals surface area (Å²) in [4.78, 5) is 0.343. The molecule has 0 aliphatic heterocycles. The fraction of sp³-hybridized carbons (Fsp3) is 0.294. The zero-order valence-corrected chi connectivity index (χ0v) is 15.7. The van der Waals surface area contributed by atoms with Crippen molar-refractivity contribution < 1.29 is 0 Å². The quantitative estimate of drug-likeness (QED) is 0.436. The lowest BCUT2D eigenvalue weighted by atomic mass is 9.79. The van der Waals surface area contributed by atoms with Crippen LogP contribution in [0.3, 0.4) is 0 Å². The van der Waals surface area contributed by atoms with Crippen LogP contribution in [0.25, 0.3) is 0 Å². The van der Waals surface area contributed by atoms with Crippen LogP contribution in [-0.2, 0) is 6.42 Å². The molecule has 0 saturated heterocycles. The number of hydrogen-bond donors (Lipinski definition) is 0. The summed E-state index contributed by atoms with van der Waals surface area (Å²) < 4.78 is 2.30. The Morgan fingerprint density at radius 3 is 2.70 bits per heavy atom. The van der Waals surface area contributed by atoms with Crippen LogP contribution in [0.15, 0.2) is 51.4 Å². The highest BCUT2D eigenvalue weighted by atomic mass is 79.9. The highest BCUT2D eigenvalue weighted by Gasteiger charge is 2.28. The standard InChI is InChI=1S/C17H15Br3/c18-12-8-9-16(19)15(10-12)17(20)14-7-3-5-11-4-1-2-6-13(11)14/h1-2,4,6,8-10,14,17H,3,5,7H2. The van der Waals surface area contributed by atoms with Crippen LogP contribution in [0.4, 0.5) is 0 Å². The van der Waals surface area contributed by atoms with E-state index in [2.05, 4.69) is 90.3 Å². The first-order valence-corrected chi connectivity index (χ1v) is 9.34. The molecular weight excluding hydrogens is 444 g/mol. The predicted molar refractivity (Wildman–Crippen MR) is 95.6 cm³/mol. The van der Waals surface area contributed by atoms with Gasteiger partial charge in [-0.15, -0.1) is 0 Å². The van der Waals surface area contributed by atoms with E-state index < -0.39 is 0 Å². The molecule has 0 heterocycles. The molecule has 2 atom stereocenters. The van der Waals surface area contributed by atoms with Gasteiger partial charge in [-0.3, -0.25) is 0 Å². The molecule has 2 aromatic rings. The van der Waals surface area contributed by atoms with Gasteiger partial charge < -0.3 is 0 Å².